The molecule has 0 aromatic heterocycles. The molecular weight excluding hydrogens is 278 g/mol. The lowest BCUT2D eigenvalue weighted by Gasteiger charge is -2.02. The van der Waals surface area contributed by atoms with Crippen LogP contribution >= 0.6 is 0 Å². The number of carboxylic acid groups (broad SMARTS) is 1. The molecule has 0 atom stereocenters. The number of hydrogen-bond donors (Lipinski definition) is 2. The Balaban J connectivity index is 1.97. The van der Waals surface area contributed by atoms with Gasteiger partial charge in [-0.3, -0.25) is 4.79 Å². The van der Waals surface area contributed by atoms with Gasteiger partial charge in [0.2, 0.25) is 5.91 Å². The van der Waals surface area contributed by atoms with Crippen LogP contribution < -0.4 is 5.32 Å². The van der Waals surface area contributed by atoms with E-state index in [2.05, 4.69) is 5.32 Å². The summed E-state index contributed by atoms with van der Waals surface area (Å²) >= 11 is 0. The molecule has 0 aliphatic heterocycles. The topological polar surface area (TPSA) is 66.4 Å². The molecule has 4 nitrogen and oxygen atoms in total. The van der Waals surface area contributed by atoms with Gasteiger partial charge in [0, 0.05) is 17.8 Å². The van der Waals surface area contributed by atoms with Crippen LogP contribution in [-0.2, 0) is 9.59 Å². The van der Waals surface area contributed by atoms with Crippen molar-refractivity contribution < 1.29 is 14.7 Å². The van der Waals surface area contributed by atoms with Gasteiger partial charge in [-0.25, -0.2) is 4.79 Å². The Labute approximate surface area is 128 Å². The van der Waals surface area contributed by atoms with Crippen molar-refractivity contribution in [2.24, 2.45) is 0 Å². The summed E-state index contributed by atoms with van der Waals surface area (Å²) < 4.78 is 0. The fourth-order valence-electron chi connectivity index (χ4n) is 1.77. The van der Waals surface area contributed by atoms with Crippen molar-refractivity contribution in [1.29, 1.82) is 0 Å². The van der Waals surface area contributed by atoms with Crippen molar-refractivity contribution in [2.75, 3.05) is 5.32 Å². The smallest absolute Gasteiger partial charge is 0.328 e. The number of carboxylic acids is 1. The standard InChI is InChI=1S/C18H15NO3/c20-17(12-13-18(21)22)19-16-10-8-15(9-11-16)7-6-14-4-2-1-3-5-14/h1-13H,(H,19,20)(H,21,22)/b7-6+,13-12+. The van der Waals surface area contributed by atoms with Gasteiger partial charge in [-0.2, -0.15) is 0 Å². The summed E-state index contributed by atoms with van der Waals surface area (Å²) in [5.41, 5.74) is 2.72. The number of anilines is 1. The fraction of sp³-hybridized carbons (Fsp3) is 0. The van der Waals surface area contributed by atoms with E-state index in [0.29, 0.717) is 5.69 Å². The van der Waals surface area contributed by atoms with Crippen molar-refractivity contribution in [3.63, 3.8) is 0 Å². The molecule has 2 rings (SSSR count). The van der Waals surface area contributed by atoms with Crippen LogP contribution in [0.5, 0.6) is 0 Å². The molecule has 0 saturated carbocycles. The maximum Gasteiger partial charge on any atom is 0.328 e. The third-order valence-electron chi connectivity index (χ3n) is 2.82. The van der Waals surface area contributed by atoms with E-state index in [0.717, 1.165) is 23.3 Å². The number of amides is 1. The maximum absolute atomic E-state index is 11.4. The minimum atomic E-state index is -1.16. The molecule has 0 heterocycles. The first-order chi connectivity index (χ1) is 10.6. The van der Waals surface area contributed by atoms with Gasteiger partial charge in [-0.05, 0) is 23.3 Å². The fourth-order valence-corrected chi connectivity index (χ4v) is 1.77. The molecule has 4 heteroatoms. The van der Waals surface area contributed by atoms with Gasteiger partial charge in [0.05, 0.1) is 0 Å². The monoisotopic (exact) mass is 293 g/mol. The minimum absolute atomic E-state index is 0.477. The predicted molar refractivity (Wildman–Crippen MR) is 87.2 cm³/mol. The van der Waals surface area contributed by atoms with Crippen LogP contribution in [0.25, 0.3) is 12.2 Å². The van der Waals surface area contributed by atoms with Gasteiger partial charge in [-0.15, -0.1) is 0 Å². The lowest BCUT2D eigenvalue weighted by atomic mass is 10.1. The van der Waals surface area contributed by atoms with Gasteiger partial charge >= 0.3 is 5.97 Å². The second-order valence-electron chi connectivity index (χ2n) is 4.53. The Morgan fingerprint density at radius 1 is 0.818 bits per heavy atom. The van der Waals surface area contributed by atoms with Crippen molar-refractivity contribution >= 4 is 29.7 Å². The summed E-state index contributed by atoms with van der Waals surface area (Å²) in [5.74, 6) is -1.63. The first kappa shape index (κ1) is 15.3. The number of carbonyl (C=O) groups is 2. The molecule has 1 amide bonds. The van der Waals surface area contributed by atoms with Gasteiger partial charge in [0.15, 0.2) is 0 Å². The highest BCUT2D eigenvalue weighted by molar-refractivity contribution is 6.02. The number of hydrogen-bond acceptors (Lipinski definition) is 2. The second-order valence-corrected chi connectivity index (χ2v) is 4.53. The van der Waals surface area contributed by atoms with Gasteiger partial charge in [0.1, 0.15) is 0 Å². The number of benzene rings is 2. The summed E-state index contributed by atoms with van der Waals surface area (Å²) in [6.07, 6.45) is 5.76. The van der Waals surface area contributed by atoms with E-state index in [9.17, 15) is 9.59 Å². The highest BCUT2D eigenvalue weighted by atomic mass is 16.4. The van der Waals surface area contributed by atoms with Gasteiger partial charge < -0.3 is 10.4 Å². The van der Waals surface area contributed by atoms with E-state index >= 15 is 0 Å². The highest BCUT2D eigenvalue weighted by Gasteiger charge is 1.98. The average molecular weight is 293 g/mol. The van der Waals surface area contributed by atoms with Crippen LogP contribution in [0.2, 0.25) is 0 Å². The maximum atomic E-state index is 11.4. The molecule has 22 heavy (non-hydrogen) atoms. The molecule has 0 saturated heterocycles. The summed E-state index contributed by atoms with van der Waals surface area (Å²) in [6, 6.07) is 17.2. The zero-order valence-corrected chi connectivity index (χ0v) is 11.8. The number of carbonyl (C=O) groups excluding carboxylic acids is 1. The zero-order valence-electron chi connectivity index (χ0n) is 11.8. The second kappa shape index (κ2) is 7.59. The molecule has 0 aliphatic rings. The molecule has 2 aromatic carbocycles. The van der Waals surface area contributed by atoms with E-state index in [4.69, 9.17) is 5.11 Å². The largest absolute Gasteiger partial charge is 0.478 e. The summed E-state index contributed by atoms with van der Waals surface area (Å²) in [5, 5.41) is 11.0. The molecule has 2 N–H and O–H groups in total. The molecule has 0 unspecified atom stereocenters. The zero-order chi connectivity index (χ0) is 15.8. The van der Waals surface area contributed by atoms with E-state index in [1.165, 1.54) is 0 Å². The Bertz CT molecular complexity index is 701. The van der Waals surface area contributed by atoms with Gasteiger partial charge in [0.25, 0.3) is 0 Å². The van der Waals surface area contributed by atoms with Crippen LogP contribution in [0.3, 0.4) is 0 Å². The minimum Gasteiger partial charge on any atom is -0.478 e. The van der Waals surface area contributed by atoms with Crippen molar-refractivity contribution in [3.05, 3.63) is 77.9 Å². The first-order valence-corrected chi connectivity index (χ1v) is 6.69. The molecule has 110 valence electrons. The van der Waals surface area contributed by atoms with Crippen LogP contribution in [0.1, 0.15) is 11.1 Å². The number of aliphatic carboxylic acids is 1. The highest BCUT2D eigenvalue weighted by Crippen LogP contribution is 2.12. The lowest BCUT2D eigenvalue weighted by molar-refractivity contribution is -0.131. The number of rotatable bonds is 5. The summed E-state index contributed by atoms with van der Waals surface area (Å²) in [7, 11) is 0. The molecule has 0 fully saturated rings. The number of nitrogens with one attached hydrogen (secondary N) is 1. The van der Waals surface area contributed by atoms with Crippen molar-refractivity contribution in [3.8, 4) is 0 Å². The average Bonchev–Trinajstić information content (AvgIpc) is 2.53. The molecule has 0 radical (unpaired) electrons. The molecular formula is C18H15NO3. The Morgan fingerprint density at radius 2 is 1.41 bits per heavy atom. The molecule has 0 bridgehead atoms. The third kappa shape index (κ3) is 5.09. The van der Waals surface area contributed by atoms with Crippen molar-refractivity contribution in [2.45, 2.75) is 0 Å². The molecule has 0 aliphatic carbocycles. The van der Waals surface area contributed by atoms with Crippen LogP contribution in [0.4, 0.5) is 5.69 Å². The summed E-state index contributed by atoms with van der Waals surface area (Å²) in [4.78, 5) is 21.8. The summed E-state index contributed by atoms with van der Waals surface area (Å²) in [6.45, 7) is 0. The Kier molecular flexibility index (Phi) is 5.26. The van der Waals surface area contributed by atoms with E-state index in [1.54, 1.807) is 12.1 Å². The SMILES string of the molecule is O=C(O)/C=C/C(=O)Nc1ccc(/C=C/c2ccccc2)cc1. The normalized spacial score (nSPS) is 10.9. The van der Waals surface area contributed by atoms with E-state index < -0.39 is 11.9 Å². The van der Waals surface area contributed by atoms with E-state index in [-0.39, 0.29) is 0 Å². The van der Waals surface area contributed by atoms with Crippen LogP contribution in [0.15, 0.2) is 66.7 Å². The van der Waals surface area contributed by atoms with E-state index in [1.807, 2.05) is 54.6 Å². The van der Waals surface area contributed by atoms with Crippen molar-refractivity contribution in [1.82, 2.24) is 0 Å². The Morgan fingerprint density at radius 3 is 2.00 bits per heavy atom. The first-order valence-electron chi connectivity index (χ1n) is 6.69. The Hall–Kier alpha value is -3.14. The molecule has 2 aromatic rings. The predicted octanol–water partition coefficient (Wildman–Crippen LogP) is 3.44. The van der Waals surface area contributed by atoms with Crippen LogP contribution in [0, 0.1) is 0 Å². The lowest BCUT2D eigenvalue weighted by Crippen LogP contribution is -2.08. The third-order valence-corrected chi connectivity index (χ3v) is 2.82. The molecule has 0 spiro atoms. The van der Waals surface area contributed by atoms with Gasteiger partial charge in [-0.1, -0.05) is 54.6 Å². The van der Waals surface area contributed by atoms with Crippen LogP contribution in [-0.4, -0.2) is 17.0 Å². The quantitative estimate of drug-likeness (QED) is 0.655.